The highest BCUT2D eigenvalue weighted by molar-refractivity contribution is 7.80. The highest BCUT2D eigenvalue weighted by Crippen LogP contribution is 2.77. The third-order valence-corrected chi connectivity index (χ3v) is 14.1. The largest absolute Gasteiger partial charge is 0.481 e. The summed E-state index contributed by atoms with van der Waals surface area (Å²) in [7, 11) is -4.50. The molecule has 5 aliphatic carbocycles. The number of hydrogen-bond acceptors (Lipinski definition) is 4. The summed E-state index contributed by atoms with van der Waals surface area (Å²) in [6.45, 7) is 18.1. The first-order valence-corrected chi connectivity index (χ1v) is 15.8. The van der Waals surface area contributed by atoms with Gasteiger partial charge in [-0.2, -0.15) is 8.42 Å². The highest BCUT2D eigenvalue weighted by Gasteiger charge is 2.72. The average molecular weight is 537 g/mol. The molecule has 37 heavy (non-hydrogen) atoms. The molecule has 0 aromatic rings. The fraction of sp³-hybridized carbons (Fsp3) is 0.900. The Kier molecular flexibility index (Phi) is 6.20. The summed E-state index contributed by atoms with van der Waals surface area (Å²) in [5, 5.41) is 10.5. The van der Waals surface area contributed by atoms with E-state index in [2.05, 4.69) is 48.1 Å². The topological polar surface area (TPSA) is 101 Å². The minimum atomic E-state index is -4.50. The summed E-state index contributed by atoms with van der Waals surface area (Å²) >= 11 is 0. The van der Waals surface area contributed by atoms with Gasteiger partial charge in [0.1, 0.15) is 0 Å². The van der Waals surface area contributed by atoms with Crippen LogP contribution in [0.5, 0.6) is 0 Å². The van der Waals surface area contributed by atoms with Gasteiger partial charge in [0.2, 0.25) is 0 Å². The second-order valence-electron chi connectivity index (χ2n) is 15.0. The quantitative estimate of drug-likeness (QED) is 0.299. The van der Waals surface area contributed by atoms with Gasteiger partial charge in [0.05, 0.1) is 11.5 Å². The molecule has 0 aromatic carbocycles. The molecule has 0 aliphatic heterocycles. The molecular weight excluding hydrogens is 488 g/mol. The zero-order valence-corrected chi connectivity index (χ0v) is 24.5. The molecule has 6 nitrogen and oxygen atoms in total. The van der Waals surface area contributed by atoms with E-state index in [1.54, 1.807) is 0 Å². The number of carbonyl (C=O) groups is 1. The van der Waals surface area contributed by atoms with Gasteiger partial charge < -0.3 is 5.11 Å². The minimum Gasteiger partial charge on any atom is -0.481 e. The maximum absolute atomic E-state index is 12.8. The van der Waals surface area contributed by atoms with Gasteiger partial charge in [-0.25, -0.2) is 4.18 Å². The molecule has 0 unspecified atom stereocenters. The Morgan fingerprint density at radius 2 is 1.54 bits per heavy atom. The number of rotatable bonds is 4. The van der Waals surface area contributed by atoms with E-state index in [4.69, 9.17) is 4.18 Å². The molecule has 0 radical (unpaired) electrons. The third kappa shape index (κ3) is 3.61. The first kappa shape index (κ1) is 27.6. The number of fused-ring (bicyclic) bond motifs is 7. The van der Waals surface area contributed by atoms with Crippen molar-refractivity contribution in [3.05, 3.63) is 12.2 Å². The lowest BCUT2D eigenvalue weighted by molar-refractivity contribution is -0.246. The lowest BCUT2D eigenvalue weighted by atomic mass is 9.32. The molecule has 0 amide bonds. The lowest BCUT2D eigenvalue weighted by Gasteiger charge is -2.72. The van der Waals surface area contributed by atoms with Gasteiger partial charge >= 0.3 is 16.4 Å². The van der Waals surface area contributed by atoms with E-state index in [9.17, 15) is 22.9 Å². The standard InChI is InChI=1S/C30H48O6S/c1-18(2)19-10-15-30(25(31)32)17-16-28(6)20(24(19)30)8-9-22-27(5)13-12-23(36-37(33,34)35)26(3,4)21(27)11-14-29(22,28)7/h19-24H,1,8-17H2,2-7H3,(H,31,32)(H,33,34,35)/t19-,20+,21-,22+,23-,24+,27-,28+,29+,30-/m0/s1. The normalized spacial score (nSPS) is 50.8. The van der Waals surface area contributed by atoms with Gasteiger partial charge in [-0.15, -0.1) is 0 Å². The molecule has 0 heterocycles. The van der Waals surface area contributed by atoms with Gasteiger partial charge in [-0.05, 0) is 122 Å². The molecule has 5 aliphatic rings. The fourth-order valence-corrected chi connectivity index (χ4v) is 12.4. The van der Waals surface area contributed by atoms with E-state index in [0.29, 0.717) is 30.1 Å². The molecule has 7 heteroatoms. The summed E-state index contributed by atoms with van der Waals surface area (Å²) in [6.07, 6.45) is 8.68. The summed E-state index contributed by atoms with van der Waals surface area (Å²) in [5.41, 5.74) is 0.390. The van der Waals surface area contributed by atoms with Crippen LogP contribution in [-0.2, 0) is 19.4 Å². The number of allylic oxidation sites excluding steroid dienone is 1. The Labute approximate surface area is 224 Å². The monoisotopic (exact) mass is 536 g/mol. The molecule has 0 saturated heterocycles. The summed E-state index contributed by atoms with van der Waals surface area (Å²) in [4.78, 5) is 12.8. The molecule has 5 rings (SSSR count). The van der Waals surface area contributed by atoms with Crippen molar-refractivity contribution in [2.24, 2.45) is 56.7 Å². The number of hydrogen-bond donors (Lipinski definition) is 2. The zero-order valence-electron chi connectivity index (χ0n) is 23.7. The molecule has 0 bridgehead atoms. The van der Waals surface area contributed by atoms with E-state index in [-0.39, 0.29) is 27.6 Å². The van der Waals surface area contributed by atoms with Crippen LogP contribution in [0.25, 0.3) is 0 Å². The third-order valence-electron chi connectivity index (χ3n) is 13.7. The van der Waals surface area contributed by atoms with Gasteiger partial charge in [-0.1, -0.05) is 46.8 Å². The van der Waals surface area contributed by atoms with Crippen molar-refractivity contribution in [2.75, 3.05) is 0 Å². The Morgan fingerprint density at radius 3 is 2.14 bits per heavy atom. The smallest absolute Gasteiger partial charge is 0.397 e. The van der Waals surface area contributed by atoms with Crippen molar-refractivity contribution in [3.8, 4) is 0 Å². The summed E-state index contributed by atoms with van der Waals surface area (Å²) < 4.78 is 37.9. The zero-order chi connectivity index (χ0) is 27.4. The van der Waals surface area contributed by atoms with Crippen molar-refractivity contribution in [1.29, 1.82) is 0 Å². The predicted molar refractivity (Wildman–Crippen MR) is 143 cm³/mol. The van der Waals surface area contributed by atoms with Crippen LogP contribution in [0.2, 0.25) is 0 Å². The van der Waals surface area contributed by atoms with E-state index >= 15 is 0 Å². The second kappa shape index (κ2) is 8.30. The second-order valence-corrected chi connectivity index (χ2v) is 16.1. The van der Waals surface area contributed by atoms with Crippen molar-refractivity contribution in [1.82, 2.24) is 0 Å². The highest BCUT2D eigenvalue weighted by atomic mass is 32.3. The minimum absolute atomic E-state index is 0.0499. The molecule has 0 aromatic heterocycles. The van der Waals surface area contributed by atoms with E-state index in [0.717, 1.165) is 63.4 Å². The number of aliphatic carboxylic acids is 1. The van der Waals surface area contributed by atoms with Gasteiger partial charge in [0.15, 0.2) is 0 Å². The SMILES string of the molecule is C=C(C)[C@@H]1CC[C@]2(C(=O)O)CC[C@]3(C)[C@H](CC[C@@H]4[C@@]5(C)CC[C@H](OS(=O)(=O)O)C(C)(C)[C@@H]5CC[C@]43C)[C@@H]12. The predicted octanol–water partition coefficient (Wildman–Crippen LogP) is 6.92. The van der Waals surface area contributed by atoms with Crippen molar-refractivity contribution in [2.45, 2.75) is 112 Å². The van der Waals surface area contributed by atoms with Crippen LogP contribution in [0.1, 0.15) is 106 Å². The molecule has 5 fully saturated rings. The average Bonchev–Trinajstić information content (AvgIpc) is 3.17. The van der Waals surface area contributed by atoms with Crippen LogP contribution < -0.4 is 0 Å². The molecule has 2 N–H and O–H groups in total. The summed E-state index contributed by atoms with van der Waals surface area (Å²) in [6, 6.07) is 0. The van der Waals surface area contributed by atoms with Gasteiger partial charge in [0, 0.05) is 0 Å². The molecular formula is C30H48O6S. The van der Waals surface area contributed by atoms with Crippen LogP contribution in [0, 0.1) is 56.7 Å². The van der Waals surface area contributed by atoms with Crippen LogP contribution in [0.3, 0.4) is 0 Å². The number of carboxylic acid groups (broad SMARTS) is 1. The molecule has 0 spiro atoms. The van der Waals surface area contributed by atoms with E-state index < -0.39 is 27.9 Å². The van der Waals surface area contributed by atoms with Crippen molar-refractivity contribution >= 4 is 16.4 Å². The molecule has 10 atom stereocenters. The van der Waals surface area contributed by atoms with Crippen LogP contribution in [-0.4, -0.2) is 30.2 Å². The van der Waals surface area contributed by atoms with Crippen LogP contribution in [0.4, 0.5) is 0 Å². The van der Waals surface area contributed by atoms with Gasteiger partial charge in [0.25, 0.3) is 0 Å². The maximum Gasteiger partial charge on any atom is 0.397 e. The van der Waals surface area contributed by atoms with E-state index in [1.807, 2.05) is 0 Å². The Balaban J connectivity index is 1.52. The lowest BCUT2D eigenvalue weighted by Crippen LogP contribution is -2.67. The molecule has 210 valence electrons. The Morgan fingerprint density at radius 1 is 0.865 bits per heavy atom. The van der Waals surface area contributed by atoms with Crippen molar-refractivity contribution < 1.29 is 27.1 Å². The Hall–Kier alpha value is -0.920. The fourth-order valence-electron chi connectivity index (χ4n) is 11.8. The first-order chi connectivity index (χ1) is 16.9. The first-order valence-electron chi connectivity index (χ1n) is 14.5. The van der Waals surface area contributed by atoms with Crippen molar-refractivity contribution in [3.63, 3.8) is 0 Å². The number of carboxylic acids is 1. The maximum atomic E-state index is 12.8. The molecule has 5 saturated carbocycles. The van der Waals surface area contributed by atoms with Crippen LogP contribution in [0.15, 0.2) is 12.2 Å². The van der Waals surface area contributed by atoms with E-state index in [1.165, 1.54) is 0 Å². The van der Waals surface area contributed by atoms with Crippen LogP contribution >= 0.6 is 0 Å². The summed E-state index contributed by atoms with van der Waals surface area (Å²) in [5.74, 6) is 1.04. The van der Waals surface area contributed by atoms with Gasteiger partial charge in [-0.3, -0.25) is 9.35 Å². The Bertz CT molecular complexity index is 1100.